The number of esters is 1. The van der Waals surface area contributed by atoms with Gasteiger partial charge in [0.25, 0.3) is 5.91 Å². The molecular weight excluding hydrogens is 280 g/mol. The minimum Gasteiger partial charge on any atom is -0.463 e. The van der Waals surface area contributed by atoms with Crippen molar-refractivity contribution in [3.8, 4) is 0 Å². The Hall–Kier alpha value is -1.51. The van der Waals surface area contributed by atoms with E-state index in [1.807, 2.05) is 0 Å². The molecule has 3 fully saturated rings. The molecule has 5 atom stereocenters. The first-order valence-corrected chi connectivity index (χ1v) is 6.99. The number of nitrogens with zero attached hydrogens (tertiary/aromatic N) is 2. The monoisotopic (exact) mass is 298 g/mol. The summed E-state index contributed by atoms with van der Waals surface area (Å²) in [5, 5.41) is 11.7. The summed E-state index contributed by atoms with van der Waals surface area (Å²) >= 11 is 0. The lowest BCUT2D eigenvalue weighted by molar-refractivity contribution is -0.200. The summed E-state index contributed by atoms with van der Waals surface area (Å²) in [6.07, 6.45) is -0.394. The van der Waals surface area contributed by atoms with Crippen molar-refractivity contribution in [2.45, 2.75) is 44.1 Å². The second kappa shape index (κ2) is 5.04. The minimum absolute atomic E-state index is 0.121. The zero-order valence-electron chi connectivity index (χ0n) is 11.9. The third-order valence-electron chi connectivity index (χ3n) is 4.48. The normalized spacial score (nSPS) is 36.8. The highest BCUT2D eigenvalue weighted by Gasteiger charge is 2.61. The Morgan fingerprint density at radius 1 is 1.43 bits per heavy atom. The largest absolute Gasteiger partial charge is 0.463 e. The minimum atomic E-state index is -0.902. The van der Waals surface area contributed by atoms with Crippen LogP contribution in [0, 0.1) is 5.92 Å². The third-order valence-corrected chi connectivity index (χ3v) is 4.48. The maximum Gasteiger partial charge on any atom is 0.302 e. The fourth-order valence-electron chi connectivity index (χ4n) is 3.43. The molecule has 3 rings (SSSR count). The number of likely N-dealkylation sites (N-methyl/N-ethyl adjacent to an activating group) is 1. The molecule has 8 nitrogen and oxygen atoms in total. The van der Waals surface area contributed by atoms with Crippen LogP contribution < -0.4 is 0 Å². The van der Waals surface area contributed by atoms with E-state index < -0.39 is 24.1 Å². The molecule has 0 radical (unpaired) electrons. The predicted octanol–water partition coefficient (Wildman–Crippen LogP) is -1.33. The van der Waals surface area contributed by atoms with E-state index in [-0.39, 0.29) is 30.5 Å². The molecule has 3 saturated heterocycles. The van der Waals surface area contributed by atoms with Crippen LogP contribution in [-0.2, 0) is 24.0 Å². The van der Waals surface area contributed by atoms with Crippen LogP contribution in [0.3, 0.4) is 0 Å². The molecule has 1 N–H and O–H groups in total. The number of hydrogen-bond acceptors (Lipinski definition) is 7. The van der Waals surface area contributed by atoms with Gasteiger partial charge in [-0.25, -0.2) is 0 Å². The van der Waals surface area contributed by atoms with Gasteiger partial charge in [-0.1, -0.05) is 0 Å². The van der Waals surface area contributed by atoms with Crippen molar-refractivity contribution in [1.29, 1.82) is 0 Å². The number of hydroxylamine groups is 2. The standard InChI is InChI=1S/C13H18N2O6/c1-6(16)20-5-9(17)7-3-4-8-10-11(21-15(7)8)13(19)14(2)12(10)18/h7-11,17H,3-5H2,1-2H3/t7-,8-,9+,10-,11+/m1/s1. The Bertz CT molecular complexity index is 495. The first-order valence-electron chi connectivity index (χ1n) is 6.99. The fraction of sp³-hybridized carbons (Fsp3) is 0.769. The van der Waals surface area contributed by atoms with Crippen LogP contribution in [0.4, 0.5) is 0 Å². The van der Waals surface area contributed by atoms with Crippen LogP contribution in [-0.4, -0.2) is 70.8 Å². The van der Waals surface area contributed by atoms with Gasteiger partial charge < -0.3 is 9.84 Å². The van der Waals surface area contributed by atoms with Crippen molar-refractivity contribution in [2.75, 3.05) is 13.7 Å². The molecule has 0 aliphatic carbocycles. The highest BCUT2D eigenvalue weighted by molar-refractivity contribution is 6.07. The second-order valence-electron chi connectivity index (χ2n) is 5.73. The summed E-state index contributed by atoms with van der Waals surface area (Å²) in [6, 6.07) is -0.570. The molecule has 0 aromatic rings. The van der Waals surface area contributed by atoms with Gasteiger partial charge in [-0.15, -0.1) is 0 Å². The number of hydrogen-bond donors (Lipinski definition) is 1. The lowest BCUT2D eigenvalue weighted by Crippen LogP contribution is -2.44. The molecule has 116 valence electrons. The molecule has 21 heavy (non-hydrogen) atoms. The smallest absolute Gasteiger partial charge is 0.302 e. The van der Waals surface area contributed by atoms with Gasteiger partial charge in [0.15, 0.2) is 6.10 Å². The molecule has 2 amide bonds. The Kier molecular flexibility index (Phi) is 3.46. The van der Waals surface area contributed by atoms with E-state index >= 15 is 0 Å². The summed E-state index contributed by atoms with van der Waals surface area (Å²) in [6.45, 7) is 1.15. The number of likely N-dealkylation sites (tertiary alicyclic amines) is 1. The molecular formula is C13H18N2O6. The summed E-state index contributed by atoms with van der Waals surface area (Å²) in [5.41, 5.74) is 0. The van der Waals surface area contributed by atoms with Crippen LogP contribution in [0.25, 0.3) is 0 Å². The first-order chi connectivity index (χ1) is 9.91. The van der Waals surface area contributed by atoms with Crippen LogP contribution in [0.1, 0.15) is 19.8 Å². The number of fused-ring (bicyclic) bond motifs is 3. The molecule has 0 spiro atoms. The molecule has 3 aliphatic rings. The quantitative estimate of drug-likeness (QED) is 0.509. The topological polar surface area (TPSA) is 96.4 Å². The molecule has 0 saturated carbocycles. The summed E-state index contributed by atoms with van der Waals surface area (Å²) in [7, 11) is 1.46. The van der Waals surface area contributed by atoms with Crippen molar-refractivity contribution in [2.24, 2.45) is 5.92 Å². The Labute approximate surface area is 121 Å². The zero-order valence-corrected chi connectivity index (χ0v) is 11.9. The van der Waals surface area contributed by atoms with Gasteiger partial charge in [0.2, 0.25) is 5.91 Å². The molecule has 0 unspecified atom stereocenters. The number of ether oxygens (including phenoxy) is 1. The van der Waals surface area contributed by atoms with E-state index in [2.05, 4.69) is 0 Å². The Balaban J connectivity index is 1.71. The van der Waals surface area contributed by atoms with E-state index in [1.165, 1.54) is 14.0 Å². The van der Waals surface area contributed by atoms with Gasteiger partial charge in [0, 0.05) is 14.0 Å². The van der Waals surface area contributed by atoms with Gasteiger partial charge in [-0.3, -0.25) is 24.1 Å². The van der Waals surface area contributed by atoms with E-state index in [9.17, 15) is 19.5 Å². The molecule has 3 heterocycles. The molecule has 0 aromatic heterocycles. The highest BCUT2D eigenvalue weighted by atomic mass is 16.7. The van der Waals surface area contributed by atoms with Crippen LogP contribution in [0.15, 0.2) is 0 Å². The van der Waals surface area contributed by atoms with E-state index in [1.54, 1.807) is 5.06 Å². The van der Waals surface area contributed by atoms with Gasteiger partial charge in [-0.2, -0.15) is 5.06 Å². The molecule has 0 bridgehead atoms. The van der Waals surface area contributed by atoms with Crippen molar-refractivity contribution >= 4 is 17.8 Å². The van der Waals surface area contributed by atoms with E-state index in [0.29, 0.717) is 12.8 Å². The first kappa shape index (κ1) is 14.4. The molecule has 0 aromatic carbocycles. The average Bonchev–Trinajstić information content (AvgIpc) is 3.05. The number of aliphatic hydroxyl groups excluding tert-OH is 1. The maximum atomic E-state index is 12.1. The number of carbonyl (C=O) groups excluding carboxylic acids is 3. The number of amides is 2. The van der Waals surface area contributed by atoms with Crippen LogP contribution in [0.2, 0.25) is 0 Å². The third kappa shape index (κ3) is 2.14. The number of carbonyl (C=O) groups is 3. The lowest BCUT2D eigenvalue weighted by Gasteiger charge is -2.27. The Morgan fingerprint density at radius 3 is 2.81 bits per heavy atom. The van der Waals surface area contributed by atoms with Gasteiger partial charge in [-0.05, 0) is 12.8 Å². The number of aliphatic hydroxyl groups is 1. The van der Waals surface area contributed by atoms with E-state index in [0.717, 1.165) is 4.90 Å². The Morgan fingerprint density at radius 2 is 2.14 bits per heavy atom. The lowest BCUT2D eigenvalue weighted by atomic mass is 9.95. The van der Waals surface area contributed by atoms with Crippen molar-refractivity contribution in [1.82, 2.24) is 9.96 Å². The van der Waals surface area contributed by atoms with Crippen molar-refractivity contribution in [3.63, 3.8) is 0 Å². The fourth-order valence-corrected chi connectivity index (χ4v) is 3.43. The van der Waals surface area contributed by atoms with Gasteiger partial charge in [0.1, 0.15) is 12.7 Å². The van der Waals surface area contributed by atoms with Crippen molar-refractivity contribution in [3.05, 3.63) is 0 Å². The summed E-state index contributed by atoms with van der Waals surface area (Å²) in [4.78, 5) is 41.6. The van der Waals surface area contributed by atoms with Gasteiger partial charge in [0.05, 0.1) is 18.0 Å². The zero-order chi connectivity index (χ0) is 15.3. The number of imide groups is 1. The van der Waals surface area contributed by atoms with E-state index in [4.69, 9.17) is 9.57 Å². The van der Waals surface area contributed by atoms with Crippen LogP contribution >= 0.6 is 0 Å². The predicted molar refractivity (Wildman–Crippen MR) is 67.4 cm³/mol. The molecule has 3 aliphatic heterocycles. The second-order valence-corrected chi connectivity index (χ2v) is 5.73. The maximum absolute atomic E-state index is 12.1. The van der Waals surface area contributed by atoms with Gasteiger partial charge >= 0.3 is 5.97 Å². The summed E-state index contributed by atoms with van der Waals surface area (Å²) in [5.74, 6) is -1.52. The molecule has 8 heteroatoms. The van der Waals surface area contributed by atoms with Crippen molar-refractivity contribution < 1.29 is 29.1 Å². The highest BCUT2D eigenvalue weighted by Crippen LogP contribution is 2.43. The SMILES string of the molecule is CC(=O)OC[C@H](O)[C@H]1CC[C@@H]2[C@H]3C(=O)N(C)C(=O)[C@H]3ON21. The summed E-state index contributed by atoms with van der Waals surface area (Å²) < 4.78 is 4.80. The van der Waals surface area contributed by atoms with Crippen LogP contribution in [0.5, 0.6) is 0 Å². The average molecular weight is 298 g/mol. The number of rotatable bonds is 3.